The number of nitrogens with one attached hydrogen (secondary N) is 1. The lowest BCUT2D eigenvalue weighted by Gasteiger charge is -2.26. The molecule has 12 heteroatoms. The van der Waals surface area contributed by atoms with Crippen LogP contribution in [-0.4, -0.2) is 83.1 Å². The number of morpholine rings is 1. The Morgan fingerprint density at radius 3 is 2.56 bits per heavy atom. The standard InChI is InChI=1S/C29H31ClN8O3/c1-39-21-15-22(26(30)24(16-21)40-2)23-14-19-17-33-29(32-7-8-37-9-11-41-12-10-37)35-27(19)38-28(23)34-25(36-38)13-18-3-5-20(31)6-4-18/h3-6,14-17H,7-13,31H2,1-2H3,(H,32,33,35). The summed E-state index contributed by atoms with van der Waals surface area (Å²) in [7, 11) is 3.18. The van der Waals surface area contributed by atoms with Crippen molar-refractivity contribution in [3.05, 3.63) is 65.1 Å². The van der Waals surface area contributed by atoms with E-state index in [9.17, 15) is 0 Å². The van der Waals surface area contributed by atoms with Crippen LogP contribution in [0.25, 0.3) is 27.8 Å². The molecule has 41 heavy (non-hydrogen) atoms. The van der Waals surface area contributed by atoms with E-state index in [1.165, 1.54) is 0 Å². The van der Waals surface area contributed by atoms with Crippen LogP contribution in [0.5, 0.6) is 11.5 Å². The zero-order valence-electron chi connectivity index (χ0n) is 22.9. The normalized spacial score (nSPS) is 14.0. The van der Waals surface area contributed by atoms with Gasteiger partial charge < -0.3 is 25.3 Å². The largest absolute Gasteiger partial charge is 0.497 e. The summed E-state index contributed by atoms with van der Waals surface area (Å²) in [6.45, 7) is 4.98. The molecule has 1 aliphatic heterocycles. The highest BCUT2D eigenvalue weighted by Gasteiger charge is 2.20. The van der Waals surface area contributed by atoms with Gasteiger partial charge in [0.2, 0.25) is 5.95 Å². The molecular weight excluding hydrogens is 544 g/mol. The van der Waals surface area contributed by atoms with Crippen molar-refractivity contribution in [1.82, 2.24) is 29.5 Å². The average Bonchev–Trinajstić information content (AvgIpc) is 3.43. The van der Waals surface area contributed by atoms with Gasteiger partial charge in [-0.15, -0.1) is 5.10 Å². The fraction of sp³-hybridized carbons (Fsp3) is 0.310. The maximum atomic E-state index is 6.82. The number of hydrogen-bond donors (Lipinski definition) is 2. The van der Waals surface area contributed by atoms with Crippen LogP contribution in [0.3, 0.4) is 0 Å². The van der Waals surface area contributed by atoms with Gasteiger partial charge in [0.05, 0.1) is 32.5 Å². The second kappa shape index (κ2) is 11.7. The van der Waals surface area contributed by atoms with Crippen LogP contribution in [-0.2, 0) is 11.2 Å². The Hall–Kier alpha value is -4.19. The molecular formula is C29H31ClN8O3. The molecule has 0 saturated carbocycles. The van der Waals surface area contributed by atoms with Crippen LogP contribution in [0.2, 0.25) is 5.02 Å². The number of halogens is 1. The Bertz CT molecular complexity index is 1690. The summed E-state index contributed by atoms with van der Waals surface area (Å²) < 4.78 is 18.3. The summed E-state index contributed by atoms with van der Waals surface area (Å²) >= 11 is 6.82. The molecule has 0 bridgehead atoms. The number of nitrogens with zero attached hydrogens (tertiary/aromatic N) is 6. The number of benzene rings is 2. The highest BCUT2D eigenvalue weighted by molar-refractivity contribution is 6.35. The second-order valence-corrected chi connectivity index (χ2v) is 10.2. The number of aromatic nitrogens is 5. The molecule has 11 nitrogen and oxygen atoms in total. The van der Waals surface area contributed by atoms with E-state index in [1.807, 2.05) is 36.4 Å². The lowest BCUT2D eigenvalue weighted by atomic mass is 10.0. The van der Waals surface area contributed by atoms with E-state index >= 15 is 0 Å². The number of nitrogen functional groups attached to an aromatic ring is 1. The number of methoxy groups -OCH3 is 2. The first-order valence-corrected chi connectivity index (χ1v) is 13.8. The summed E-state index contributed by atoms with van der Waals surface area (Å²) in [6, 6.07) is 13.3. The van der Waals surface area contributed by atoms with Crippen molar-refractivity contribution >= 4 is 39.9 Å². The summed E-state index contributed by atoms with van der Waals surface area (Å²) in [6.07, 6.45) is 2.31. The number of hydrogen-bond acceptors (Lipinski definition) is 10. The van der Waals surface area contributed by atoms with Gasteiger partial charge in [-0.2, -0.15) is 9.50 Å². The fourth-order valence-electron chi connectivity index (χ4n) is 4.91. The van der Waals surface area contributed by atoms with E-state index < -0.39 is 0 Å². The molecule has 1 fully saturated rings. The van der Waals surface area contributed by atoms with Crippen molar-refractivity contribution in [1.29, 1.82) is 0 Å². The van der Waals surface area contributed by atoms with E-state index in [0.717, 1.165) is 49.4 Å². The molecule has 3 aromatic heterocycles. The van der Waals surface area contributed by atoms with Crippen molar-refractivity contribution in [2.24, 2.45) is 0 Å². The first kappa shape index (κ1) is 27.0. The first-order chi connectivity index (χ1) is 20.0. The van der Waals surface area contributed by atoms with E-state index in [1.54, 1.807) is 31.0 Å². The Labute approximate surface area is 242 Å². The Kier molecular flexibility index (Phi) is 7.73. The van der Waals surface area contributed by atoms with Gasteiger partial charge in [-0.25, -0.2) is 9.97 Å². The molecule has 0 aliphatic carbocycles. The van der Waals surface area contributed by atoms with Gasteiger partial charge in [-0.05, 0) is 29.8 Å². The van der Waals surface area contributed by atoms with Crippen LogP contribution in [0.15, 0.2) is 48.7 Å². The highest BCUT2D eigenvalue weighted by Crippen LogP contribution is 2.41. The number of rotatable bonds is 9. The van der Waals surface area contributed by atoms with Crippen LogP contribution < -0.4 is 20.5 Å². The number of anilines is 2. The molecule has 5 aromatic rings. The summed E-state index contributed by atoms with van der Waals surface area (Å²) in [5, 5.41) is 9.47. The van der Waals surface area contributed by atoms with Crippen molar-refractivity contribution < 1.29 is 14.2 Å². The van der Waals surface area contributed by atoms with E-state index in [4.69, 9.17) is 46.6 Å². The third kappa shape index (κ3) is 5.69. The van der Waals surface area contributed by atoms with Gasteiger partial charge >= 0.3 is 0 Å². The quantitative estimate of drug-likeness (QED) is 0.250. The zero-order chi connectivity index (χ0) is 28.3. The second-order valence-electron chi connectivity index (χ2n) is 9.78. The molecule has 2 aromatic carbocycles. The Morgan fingerprint density at radius 2 is 1.80 bits per heavy atom. The first-order valence-electron chi connectivity index (χ1n) is 13.4. The van der Waals surface area contributed by atoms with Crippen LogP contribution in [0, 0.1) is 0 Å². The number of fused-ring (bicyclic) bond motifs is 3. The maximum absolute atomic E-state index is 6.82. The maximum Gasteiger partial charge on any atom is 0.224 e. The average molecular weight is 575 g/mol. The fourth-order valence-corrected chi connectivity index (χ4v) is 5.20. The SMILES string of the molecule is COc1cc(OC)c(Cl)c(-c2cc3cnc(NCCN4CCOCC4)nc3n3nc(Cc4ccc(N)cc4)nc23)c1. The minimum atomic E-state index is 0.444. The van der Waals surface area contributed by atoms with E-state index in [0.29, 0.717) is 63.8 Å². The lowest BCUT2D eigenvalue weighted by molar-refractivity contribution is 0.0398. The lowest BCUT2D eigenvalue weighted by Crippen LogP contribution is -2.39. The van der Waals surface area contributed by atoms with Gasteiger partial charge in [-0.3, -0.25) is 4.90 Å². The molecule has 0 spiro atoms. The molecule has 212 valence electrons. The number of nitrogens with two attached hydrogens (primary N) is 1. The van der Waals surface area contributed by atoms with Gasteiger partial charge in [0.15, 0.2) is 17.1 Å². The smallest absolute Gasteiger partial charge is 0.224 e. The molecule has 0 atom stereocenters. The van der Waals surface area contributed by atoms with Crippen molar-refractivity contribution in [2.75, 3.05) is 64.7 Å². The summed E-state index contributed by atoms with van der Waals surface area (Å²) in [4.78, 5) is 16.7. The summed E-state index contributed by atoms with van der Waals surface area (Å²) in [5.41, 5.74) is 10.3. The molecule has 1 saturated heterocycles. The van der Waals surface area contributed by atoms with Crippen LogP contribution in [0.4, 0.5) is 11.6 Å². The minimum Gasteiger partial charge on any atom is -0.497 e. The highest BCUT2D eigenvalue weighted by atomic mass is 35.5. The molecule has 1 aliphatic rings. The van der Waals surface area contributed by atoms with Crippen molar-refractivity contribution in [3.8, 4) is 22.6 Å². The molecule has 6 rings (SSSR count). The zero-order valence-corrected chi connectivity index (χ0v) is 23.7. The van der Waals surface area contributed by atoms with Gasteiger partial charge in [-0.1, -0.05) is 23.7 Å². The Morgan fingerprint density at radius 1 is 1.00 bits per heavy atom. The molecule has 3 N–H and O–H groups in total. The topological polar surface area (TPSA) is 125 Å². The molecule has 0 radical (unpaired) electrons. The monoisotopic (exact) mass is 574 g/mol. The number of pyridine rings is 1. The van der Waals surface area contributed by atoms with Gasteiger partial charge in [0.1, 0.15) is 11.5 Å². The van der Waals surface area contributed by atoms with Crippen molar-refractivity contribution in [3.63, 3.8) is 0 Å². The van der Waals surface area contributed by atoms with Gasteiger partial charge in [0, 0.05) is 67.1 Å². The van der Waals surface area contributed by atoms with E-state index in [2.05, 4.69) is 15.2 Å². The molecule has 4 heterocycles. The third-order valence-corrected chi connectivity index (χ3v) is 7.49. The number of ether oxygens (including phenoxy) is 3. The van der Waals surface area contributed by atoms with Gasteiger partial charge in [0.25, 0.3) is 0 Å². The molecule has 0 amide bonds. The third-order valence-electron chi connectivity index (χ3n) is 7.10. The minimum absolute atomic E-state index is 0.444. The molecule has 0 unspecified atom stereocenters. The van der Waals surface area contributed by atoms with E-state index in [-0.39, 0.29) is 0 Å². The van der Waals surface area contributed by atoms with Crippen LogP contribution >= 0.6 is 11.6 Å². The van der Waals surface area contributed by atoms with Crippen molar-refractivity contribution in [2.45, 2.75) is 6.42 Å². The predicted octanol–water partition coefficient (Wildman–Crippen LogP) is 3.93. The van der Waals surface area contributed by atoms with Crippen LogP contribution in [0.1, 0.15) is 11.4 Å². The Balaban J connectivity index is 1.43. The summed E-state index contributed by atoms with van der Waals surface area (Å²) in [5.74, 6) is 2.26. The predicted molar refractivity (Wildman–Crippen MR) is 159 cm³/mol.